The fraction of sp³-hybridized carbons (Fsp3) is 0.409. The number of nitrogens with zero attached hydrogens (tertiary/aromatic N) is 1. The zero-order chi connectivity index (χ0) is 21.8. The Balaban J connectivity index is 1.73. The van der Waals surface area contributed by atoms with Crippen molar-refractivity contribution in [2.75, 3.05) is 19.5 Å². The molecule has 3 rings (SSSR count). The average molecular weight is 431 g/mol. The van der Waals surface area contributed by atoms with Gasteiger partial charge in [0.15, 0.2) is 5.13 Å². The van der Waals surface area contributed by atoms with E-state index in [-0.39, 0.29) is 18.5 Å². The molecule has 0 bridgehead atoms. The summed E-state index contributed by atoms with van der Waals surface area (Å²) in [5, 5.41) is 5.34. The number of hydrogen-bond acceptors (Lipinski definition) is 7. The van der Waals surface area contributed by atoms with Crippen LogP contribution >= 0.6 is 11.3 Å². The smallest absolute Gasteiger partial charge is 0.342 e. The van der Waals surface area contributed by atoms with Gasteiger partial charge in [-0.25, -0.2) is 9.78 Å². The van der Waals surface area contributed by atoms with Crippen molar-refractivity contribution in [3.8, 4) is 11.5 Å². The summed E-state index contributed by atoms with van der Waals surface area (Å²) in [5.74, 6) is 0.757. The highest BCUT2D eigenvalue weighted by Gasteiger charge is 2.32. The van der Waals surface area contributed by atoms with Crippen molar-refractivity contribution >= 4 is 28.3 Å². The van der Waals surface area contributed by atoms with Gasteiger partial charge >= 0.3 is 5.97 Å². The number of aryl methyl sites for hydroxylation is 1. The van der Waals surface area contributed by atoms with Gasteiger partial charge in [0.05, 0.1) is 19.9 Å². The monoisotopic (exact) mass is 430 g/mol. The Bertz CT molecular complexity index is 1010. The maximum Gasteiger partial charge on any atom is 0.342 e. The summed E-state index contributed by atoms with van der Waals surface area (Å²) in [5.41, 5.74) is 4.94. The summed E-state index contributed by atoms with van der Waals surface area (Å²) < 4.78 is 16.4. The number of carbonyl (C=O) groups excluding carboxylic acids is 2. The molecule has 0 atom stereocenters. The molecule has 0 fully saturated rings. The summed E-state index contributed by atoms with van der Waals surface area (Å²) in [6.07, 6.45) is 3.54. The van der Waals surface area contributed by atoms with Gasteiger partial charge < -0.3 is 19.5 Å². The molecule has 0 unspecified atom stereocenters. The number of carbonyl (C=O) groups is 2. The van der Waals surface area contributed by atoms with Gasteiger partial charge in [0, 0.05) is 22.9 Å². The molecular weight excluding hydrogens is 404 g/mol. The van der Waals surface area contributed by atoms with Gasteiger partial charge in [0.2, 0.25) is 5.91 Å². The fourth-order valence-electron chi connectivity index (χ4n) is 3.52. The molecule has 1 aliphatic heterocycles. The van der Waals surface area contributed by atoms with Gasteiger partial charge in [-0.3, -0.25) is 4.79 Å². The van der Waals surface area contributed by atoms with E-state index >= 15 is 0 Å². The molecule has 1 amide bonds. The number of aromatic nitrogens is 1. The lowest BCUT2D eigenvalue weighted by atomic mass is 9.94. The maximum atomic E-state index is 12.2. The Morgan fingerprint density at radius 3 is 2.63 bits per heavy atom. The van der Waals surface area contributed by atoms with E-state index in [2.05, 4.69) is 10.3 Å². The van der Waals surface area contributed by atoms with Crippen molar-refractivity contribution in [3.05, 3.63) is 45.0 Å². The van der Waals surface area contributed by atoms with Gasteiger partial charge in [-0.2, -0.15) is 0 Å². The van der Waals surface area contributed by atoms with Crippen LogP contribution in [0.1, 0.15) is 52.5 Å². The molecule has 2 heterocycles. The molecule has 0 aliphatic carbocycles. The lowest BCUT2D eigenvalue weighted by Gasteiger charge is -2.18. The van der Waals surface area contributed by atoms with E-state index in [9.17, 15) is 9.59 Å². The Morgan fingerprint density at radius 2 is 2.00 bits per heavy atom. The van der Waals surface area contributed by atoms with E-state index in [1.807, 2.05) is 32.2 Å². The highest BCUT2D eigenvalue weighted by Crippen LogP contribution is 2.42. The van der Waals surface area contributed by atoms with Crippen LogP contribution in [0.3, 0.4) is 0 Å². The third-order valence-electron chi connectivity index (χ3n) is 5.10. The molecule has 1 aromatic carbocycles. The van der Waals surface area contributed by atoms with Crippen molar-refractivity contribution in [3.63, 3.8) is 0 Å². The van der Waals surface area contributed by atoms with E-state index in [1.165, 1.54) is 11.3 Å². The Hall–Kier alpha value is -2.87. The minimum atomic E-state index is -0.372. The second-order valence-corrected chi connectivity index (χ2v) is 8.05. The van der Waals surface area contributed by atoms with Gasteiger partial charge in [-0.1, -0.05) is 11.6 Å². The second-order valence-electron chi connectivity index (χ2n) is 7.20. The number of methoxy groups -OCH3 is 2. The van der Waals surface area contributed by atoms with Crippen molar-refractivity contribution in [2.45, 2.75) is 46.6 Å². The third-order valence-corrected chi connectivity index (χ3v) is 5.97. The molecule has 0 radical (unpaired) electrons. The summed E-state index contributed by atoms with van der Waals surface area (Å²) in [6, 6.07) is 0. The topological polar surface area (TPSA) is 86.8 Å². The van der Waals surface area contributed by atoms with Crippen LogP contribution in [0.25, 0.3) is 0 Å². The number of ether oxygens (including phenoxy) is 3. The van der Waals surface area contributed by atoms with Crippen LogP contribution in [0.4, 0.5) is 5.13 Å². The van der Waals surface area contributed by atoms with Gasteiger partial charge in [0.25, 0.3) is 0 Å². The molecule has 8 heteroatoms. The summed E-state index contributed by atoms with van der Waals surface area (Å²) in [4.78, 5) is 28.6. The van der Waals surface area contributed by atoms with Crippen LogP contribution in [-0.4, -0.2) is 31.1 Å². The number of benzene rings is 1. The number of anilines is 1. The predicted molar refractivity (Wildman–Crippen MR) is 116 cm³/mol. The molecule has 1 aromatic heterocycles. The molecule has 0 spiro atoms. The van der Waals surface area contributed by atoms with Crippen LogP contribution < -0.4 is 14.8 Å². The lowest BCUT2D eigenvalue weighted by Crippen LogP contribution is -2.11. The molecule has 1 aliphatic rings. The van der Waals surface area contributed by atoms with Crippen molar-refractivity contribution in [1.29, 1.82) is 0 Å². The van der Waals surface area contributed by atoms with Crippen LogP contribution in [0.5, 0.6) is 11.5 Å². The average Bonchev–Trinajstić information content (AvgIpc) is 3.30. The van der Waals surface area contributed by atoms with E-state index in [0.29, 0.717) is 41.5 Å². The second kappa shape index (κ2) is 9.30. The van der Waals surface area contributed by atoms with Crippen molar-refractivity contribution < 1.29 is 23.8 Å². The lowest BCUT2D eigenvalue weighted by molar-refractivity contribution is -0.116. The Kier molecular flexibility index (Phi) is 6.77. The number of cyclic esters (lactones) is 1. The quantitative estimate of drug-likeness (QED) is 0.495. The Morgan fingerprint density at radius 1 is 1.27 bits per heavy atom. The molecule has 30 heavy (non-hydrogen) atoms. The SMILES string of the molecule is COc1c(C)c2c(c(OC)c1C/C=C(\C)CCC(=O)Nc1nc(C)cs1)C(=O)OC2. The molecular formula is C22H26N2O5S. The first-order valence-corrected chi connectivity index (χ1v) is 10.5. The van der Waals surface area contributed by atoms with Crippen LogP contribution in [-0.2, 0) is 22.6 Å². The first-order valence-electron chi connectivity index (χ1n) is 9.66. The molecule has 1 N–H and O–H groups in total. The predicted octanol–water partition coefficient (Wildman–Crippen LogP) is 4.36. The van der Waals surface area contributed by atoms with Gasteiger partial charge in [0.1, 0.15) is 23.7 Å². The van der Waals surface area contributed by atoms with E-state index in [1.54, 1.807) is 14.2 Å². The number of thiazole rings is 1. The number of amides is 1. The summed E-state index contributed by atoms with van der Waals surface area (Å²) in [7, 11) is 3.15. The summed E-state index contributed by atoms with van der Waals surface area (Å²) >= 11 is 1.42. The van der Waals surface area contributed by atoms with Crippen molar-refractivity contribution in [1.82, 2.24) is 4.98 Å². The van der Waals surface area contributed by atoms with E-state index in [0.717, 1.165) is 28.0 Å². The van der Waals surface area contributed by atoms with Crippen LogP contribution in [0, 0.1) is 13.8 Å². The minimum absolute atomic E-state index is 0.0663. The standard InChI is InChI=1S/C22H26N2O5S/c1-12(7-9-17(25)24-22-23-13(2)11-30-22)6-8-15-19(27-4)14(3)16-10-29-21(26)18(16)20(15)28-5/h6,11H,7-10H2,1-5H3,(H,23,24,25)/b12-6+. The third kappa shape index (κ3) is 4.48. The zero-order valence-corrected chi connectivity index (χ0v) is 18.7. The van der Waals surface area contributed by atoms with E-state index in [4.69, 9.17) is 14.2 Å². The minimum Gasteiger partial charge on any atom is -0.496 e. The van der Waals surface area contributed by atoms with Crippen LogP contribution in [0.2, 0.25) is 0 Å². The van der Waals surface area contributed by atoms with Crippen molar-refractivity contribution in [2.24, 2.45) is 0 Å². The maximum absolute atomic E-state index is 12.2. The molecule has 0 saturated heterocycles. The van der Waals surface area contributed by atoms with E-state index < -0.39 is 0 Å². The number of esters is 1. The highest BCUT2D eigenvalue weighted by molar-refractivity contribution is 7.13. The number of fused-ring (bicyclic) bond motifs is 1. The molecule has 0 saturated carbocycles. The van der Waals surface area contributed by atoms with Gasteiger partial charge in [-0.05, 0) is 39.2 Å². The van der Waals surface area contributed by atoms with Crippen LogP contribution in [0.15, 0.2) is 17.0 Å². The Labute approximate surface area is 180 Å². The fourth-order valence-corrected chi connectivity index (χ4v) is 4.22. The number of hydrogen-bond donors (Lipinski definition) is 1. The molecule has 2 aromatic rings. The summed E-state index contributed by atoms with van der Waals surface area (Å²) in [6.45, 7) is 6.02. The highest BCUT2D eigenvalue weighted by atomic mass is 32.1. The number of nitrogens with one attached hydrogen (secondary N) is 1. The van der Waals surface area contributed by atoms with Gasteiger partial charge in [-0.15, -0.1) is 11.3 Å². The largest absolute Gasteiger partial charge is 0.496 e. The molecule has 7 nitrogen and oxygen atoms in total. The number of allylic oxidation sites excluding steroid dienone is 2. The first-order chi connectivity index (χ1) is 14.3. The first kappa shape index (κ1) is 21.8. The zero-order valence-electron chi connectivity index (χ0n) is 17.9. The number of rotatable bonds is 8. The molecule has 160 valence electrons. The normalized spacial score (nSPS) is 13.1.